The van der Waals surface area contributed by atoms with Gasteiger partial charge >= 0.3 is 0 Å². The highest BCUT2D eigenvalue weighted by molar-refractivity contribution is 7.98. The van der Waals surface area contributed by atoms with E-state index in [0.717, 1.165) is 18.0 Å². The predicted molar refractivity (Wildman–Crippen MR) is 68.4 cm³/mol. The topological polar surface area (TPSA) is 35.8 Å². The smallest absolute Gasteiger partial charge is 0.110 e. The van der Waals surface area contributed by atoms with Crippen LogP contribution in [0, 0.1) is 11.3 Å². The Kier molecular flexibility index (Phi) is 6.49. The molecule has 0 amide bonds. The average molecular weight is 240 g/mol. The Morgan fingerprint density at radius 1 is 1.47 bits per heavy atom. The summed E-state index contributed by atoms with van der Waals surface area (Å²) in [7, 11) is 0. The lowest BCUT2D eigenvalue weighted by Crippen LogP contribution is -2.13. The van der Waals surface area contributed by atoms with Gasteiger partial charge in [-0.05, 0) is 43.5 Å². The van der Waals surface area contributed by atoms with Gasteiger partial charge in [-0.15, -0.1) is 11.3 Å². The maximum absolute atomic E-state index is 8.66. The number of thiophene rings is 1. The van der Waals surface area contributed by atoms with Gasteiger partial charge in [0.2, 0.25) is 0 Å². The molecule has 0 atom stereocenters. The molecule has 0 aliphatic carbocycles. The molecular formula is C11H16N2S2. The van der Waals surface area contributed by atoms with Crippen LogP contribution in [0.15, 0.2) is 12.1 Å². The summed E-state index contributed by atoms with van der Waals surface area (Å²) in [5.74, 6) is 1.25. The Morgan fingerprint density at radius 3 is 3.00 bits per heavy atom. The van der Waals surface area contributed by atoms with Crippen LogP contribution in [0.2, 0.25) is 0 Å². The zero-order chi connectivity index (χ0) is 10.9. The maximum Gasteiger partial charge on any atom is 0.110 e. The van der Waals surface area contributed by atoms with E-state index in [1.165, 1.54) is 23.5 Å². The van der Waals surface area contributed by atoms with E-state index in [2.05, 4.69) is 17.6 Å². The van der Waals surface area contributed by atoms with Gasteiger partial charge in [-0.3, -0.25) is 0 Å². The second-order valence-corrected chi connectivity index (χ2v) is 5.41. The molecule has 1 aromatic rings. The van der Waals surface area contributed by atoms with E-state index in [0.29, 0.717) is 0 Å². The molecule has 1 rings (SSSR count). The van der Waals surface area contributed by atoms with Crippen molar-refractivity contribution < 1.29 is 0 Å². The van der Waals surface area contributed by atoms with E-state index in [-0.39, 0.29) is 0 Å². The molecule has 0 unspecified atom stereocenters. The third-order valence-corrected chi connectivity index (χ3v) is 3.71. The highest BCUT2D eigenvalue weighted by atomic mass is 32.2. The van der Waals surface area contributed by atoms with Crippen LogP contribution >= 0.6 is 23.1 Å². The van der Waals surface area contributed by atoms with Gasteiger partial charge in [0.25, 0.3) is 0 Å². The van der Waals surface area contributed by atoms with Crippen molar-refractivity contribution in [3.05, 3.63) is 21.9 Å². The number of hydrogen-bond acceptors (Lipinski definition) is 4. The van der Waals surface area contributed by atoms with Crippen LogP contribution < -0.4 is 5.32 Å². The van der Waals surface area contributed by atoms with Crippen molar-refractivity contribution in [1.82, 2.24) is 5.32 Å². The molecule has 0 aromatic carbocycles. The lowest BCUT2D eigenvalue weighted by atomic mass is 10.3. The summed E-state index contributed by atoms with van der Waals surface area (Å²) in [5, 5.41) is 12.0. The monoisotopic (exact) mass is 240 g/mol. The zero-order valence-corrected chi connectivity index (χ0v) is 10.6. The second-order valence-electron chi connectivity index (χ2n) is 3.25. The molecule has 82 valence electrons. The van der Waals surface area contributed by atoms with Gasteiger partial charge in [-0.2, -0.15) is 17.0 Å². The molecule has 1 heterocycles. The Balaban J connectivity index is 2.07. The van der Waals surface area contributed by atoms with Gasteiger partial charge < -0.3 is 5.32 Å². The molecule has 2 nitrogen and oxygen atoms in total. The van der Waals surface area contributed by atoms with Gasteiger partial charge in [-0.25, -0.2) is 0 Å². The first kappa shape index (κ1) is 12.6. The molecule has 0 aliphatic heterocycles. The fourth-order valence-corrected chi connectivity index (χ4v) is 2.51. The first-order chi connectivity index (χ1) is 7.36. The summed E-state index contributed by atoms with van der Waals surface area (Å²) < 4.78 is 0. The number of nitrogens with one attached hydrogen (secondary N) is 1. The molecule has 1 N–H and O–H groups in total. The summed E-state index contributed by atoms with van der Waals surface area (Å²) in [6.45, 7) is 1.96. The summed E-state index contributed by atoms with van der Waals surface area (Å²) in [4.78, 5) is 2.05. The summed E-state index contributed by atoms with van der Waals surface area (Å²) in [6.07, 6.45) is 4.65. The lowest BCUT2D eigenvalue weighted by Gasteiger charge is -2.01. The van der Waals surface area contributed by atoms with Gasteiger partial charge in [0.05, 0.1) is 0 Å². The van der Waals surface area contributed by atoms with Gasteiger partial charge in [-0.1, -0.05) is 0 Å². The largest absolute Gasteiger partial charge is 0.312 e. The van der Waals surface area contributed by atoms with E-state index in [1.807, 2.05) is 23.9 Å². The quantitative estimate of drug-likeness (QED) is 0.744. The first-order valence-electron chi connectivity index (χ1n) is 5.05. The van der Waals surface area contributed by atoms with Crippen molar-refractivity contribution in [2.75, 3.05) is 18.6 Å². The molecule has 0 saturated carbocycles. The molecule has 0 spiro atoms. The minimum atomic E-state index is 0.800. The van der Waals surface area contributed by atoms with Crippen molar-refractivity contribution in [3.8, 4) is 6.07 Å². The standard InChI is InChI=1S/C11H16N2S2/c1-14-7-3-2-6-13-9-11-5-4-10(8-12)15-11/h4-5,13H,2-3,6-7,9H2,1H3. The van der Waals surface area contributed by atoms with Gasteiger partial charge in [0, 0.05) is 11.4 Å². The summed E-state index contributed by atoms with van der Waals surface area (Å²) in [6, 6.07) is 6.06. The van der Waals surface area contributed by atoms with Crippen LogP contribution in [-0.2, 0) is 6.54 Å². The van der Waals surface area contributed by atoms with E-state index in [4.69, 9.17) is 5.26 Å². The Hall–Kier alpha value is -0.500. The third kappa shape index (κ3) is 5.22. The van der Waals surface area contributed by atoms with Crippen molar-refractivity contribution in [2.45, 2.75) is 19.4 Å². The average Bonchev–Trinajstić information content (AvgIpc) is 2.71. The first-order valence-corrected chi connectivity index (χ1v) is 7.26. The van der Waals surface area contributed by atoms with Crippen LogP contribution in [-0.4, -0.2) is 18.6 Å². The summed E-state index contributed by atoms with van der Waals surface area (Å²) >= 11 is 3.47. The SMILES string of the molecule is CSCCCCNCc1ccc(C#N)s1. The number of unbranched alkanes of at least 4 members (excludes halogenated alkanes) is 1. The highest BCUT2D eigenvalue weighted by Gasteiger charge is 1.97. The molecule has 4 heteroatoms. The fraction of sp³-hybridized carbons (Fsp3) is 0.545. The highest BCUT2D eigenvalue weighted by Crippen LogP contribution is 2.14. The molecule has 0 aliphatic rings. The molecule has 15 heavy (non-hydrogen) atoms. The zero-order valence-electron chi connectivity index (χ0n) is 8.95. The number of nitrogens with zero attached hydrogens (tertiary/aromatic N) is 1. The van der Waals surface area contributed by atoms with E-state index < -0.39 is 0 Å². The number of nitriles is 1. The van der Waals surface area contributed by atoms with Crippen molar-refractivity contribution in [3.63, 3.8) is 0 Å². The molecular weight excluding hydrogens is 224 g/mol. The van der Waals surface area contributed by atoms with E-state index in [1.54, 1.807) is 11.3 Å². The Morgan fingerprint density at radius 2 is 2.33 bits per heavy atom. The van der Waals surface area contributed by atoms with Crippen LogP contribution in [0.5, 0.6) is 0 Å². The lowest BCUT2D eigenvalue weighted by molar-refractivity contribution is 0.648. The van der Waals surface area contributed by atoms with Crippen LogP contribution in [0.25, 0.3) is 0 Å². The van der Waals surface area contributed by atoms with Crippen LogP contribution in [0.4, 0.5) is 0 Å². The van der Waals surface area contributed by atoms with Crippen LogP contribution in [0.1, 0.15) is 22.6 Å². The molecule has 0 bridgehead atoms. The van der Waals surface area contributed by atoms with Crippen molar-refractivity contribution in [1.29, 1.82) is 5.26 Å². The third-order valence-electron chi connectivity index (χ3n) is 2.02. The fourth-order valence-electron chi connectivity index (χ4n) is 1.24. The predicted octanol–water partition coefficient (Wildman–Crippen LogP) is 2.85. The second kappa shape index (κ2) is 7.75. The summed E-state index contributed by atoms with van der Waals surface area (Å²) in [5.41, 5.74) is 0. The minimum Gasteiger partial charge on any atom is -0.312 e. The van der Waals surface area contributed by atoms with Crippen molar-refractivity contribution >= 4 is 23.1 Å². The minimum absolute atomic E-state index is 0.800. The van der Waals surface area contributed by atoms with E-state index in [9.17, 15) is 0 Å². The Bertz CT molecular complexity index is 315. The van der Waals surface area contributed by atoms with Gasteiger partial charge in [0.1, 0.15) is 10.9 Å². The normalized spacial score (nSPS) is 10.1. The molecule has 0 radical (unpaired) electrons. The van der Waals surface area contributed by atoms with E-state index >= 15 is 0 Å². The molecule has 0 fully saturated rings. The number of hydrogen-bond donors (Lipinski definition) is 1. The Labute approximate surface area is 99.7 Å². The molecule has 1 aromatic heterocycles. The van der Waals surface area contributed by atoms with Crippen molar-refractivity contribution in [2.24, 2.45) is 0 Å². The number of thioether (sulfide) groups is 1. The number of rotatable bonds is 7. The maximum atomic E-state index is 8.66. The van der Waals surface area contributed by atoms with Crippen LogP contribution in [0.3, 0.4) is 0 Å². The van der Waals surface area contributed by atoms with Gasteiger partial charge in [0.15, 0.2) is 0 Å². The molecule has 0 saturated heterocycles.